The van der Waals surface area contributed by atoms with E-state index in [-0.39, 0.29) is 17.6 Å². The summed E-state index contributed by atoms with van der Waals surface area (Å²) in [6, 6.07) is 12.8. The maximum Gasteiger partial charge on any atom is 0.253 e. The summed E-state index contributed by atoms with van der Waals surface area (Å²) < 4.78 is 13.9. The lowest BCUT2D eigenvalue weighted by Gasteiger charge is -2.22. The second-order valence-corrected chi connectivity index (χ2v) is 6.87. The van der Waals surface area contributed by atoms with Crippen LogP contribution in [0.2, 0.25) is 0 Å². The van der Waals surface area contributed by atoms with Crippen molar-refractivity contribution in [2.75, 3.05) is 26.2 Å². The monoisotopic (exact) mass is 404 g/mol. The molecule has 0 bridgehead atoms. The maximum absolute atomic E-state index is 13.0. The molecule has 25 heavy (non-hydrogen) atoms. The van der Waals surface area contributed by atoms with Crippen LogP contribution in [0.25, 0.3) is 0 Å². The number of amides is 2. The molecule has 2 amide bonds. The van der Waals surface area contributed by atoms with E-state index in [0.29, 0.717) is 37.3 Å². The van der Waals surface area contributed by atoms with Gasteiger partial charge in [-0.2, -0.15) is 0 Å². The third-order valence-corrected chi connectivity index (χ3v) is 4.78. The predicted molar refractivity (Wildman–Crippen MR) is 97.0 cm³/mol. The molecular formula is C19H18BrFN2O2. The van der Waals surface area contributed by atoms with Gasteiger partial charge in [0.25, 0.3) is 11.8 Å². The second kappa shape index (κ2) is 7.78. The fraction of sp³-hybridized carbons (Fsp3) is 0.263. The number of nitrogens with zero attached hydrogens (tertiary/aromatic N) is 2. The number of carbonyl (C=O) groups excluding carboxylic acids is 2. The molecule has 1 saturated heterocycles. The lowest BCUT2D eigenvalue weighted by molar-refractivity contribution is 0.0718. The van der Waals surface area contributed by atoms with Gasteiger partial charge in [0.2, 0.25) is 0 Å². The first kappa shape index (κ1) is 17.6. The number of rotatable bonds is 2. The first-order valence-corrected chi connectivity index (χ1v) is 8.93. The maximum atomic E-state index is 13.0. The number of hydrogen-bond donors (Lipinski definition) is 0. The topological polar surface area (TPSA) is 40.6 Å². The van der Waals surface area contributed by atoms with Crippen LogP contribution in [0.5, 0.6) is 0 Å². The van der Waals surface area contributed by atoms with Gasteiger partial charge in [0.05, 0.1) is 0 Å². The summed E-state index contributed by atoms with van der Waals surface area (Å²) in [4.78, 5) is 28.7. The Morgan fingerprint density at radius 2 is 1.20 bits per heavy atom. The molecular weight excluding hydrogens is 387 g/mol. The Kier molecular flexibility index (Phi) is 5.48. The summed E-state index contributed by atoms with van der Waals surface area (Å²) in [5, 5.41) is 0. The highest BCUT2D eigenvalue weighted by atomic mass is 79.9. The Morgan fingerprint density at radius 3 is 1.68 bits per heavy atom. The standard InChI is InChI=1S/C19H18BrFN2O2/c20-16-6-2-14(3-7-16)18(24)22-10-1-11-23(13-12-22)19(25)15-4-8-17(21)9-5-15/h2-9H,1,10-13H2. The van der Waals surface area contributed by atoms with E-state index in [2.05, 4.69) is 15.9 Å². The lowest BCUT2D eigenvalue weighted by Crippen LogP contribution is -2.37. The number of halogens is 2. The molecule has 0 spiro atoms. The van der Waals surface area contributed by atoms with E-state index in [1.807, 2.05) is 12.1 Å². The Morgan fingerprint density at radius 1 is 0.760 bits per heavy atom. The Hall–Kier alpha value is -2.21. The highest BCUT2D eigenvalue weighted by molar-refractivity contribution is 9.10. The first-order valence-electron chi connectivity index (χ1n) is 8.14. The van der Waals surface area contributed by atoms with Crippen LogP contribution < -0.4 is 0 Å². The lowest BCUT2D eigenvalue weighted by atomic mass is 10.2. The predicted octanol–water partition coefficient (Wildman–Crippen LogP) is 3.58. The van der Waals surface area contributed by atoms with E-state index < -0.39 is 0 Å². The molecule has 6 heteroatoms. The van der Waals surface area contributed by atoms with E-state index in [0.717, 1.165) is 10.9 Å². The van der Waals surface area contributed by atoms with Crippen molar-refractivity contribution in [3.8, 4) is 0 Å². The molecule has 4 nitrogen and oxygen atoms in total. The van der Waals surface area contributed by atoms with Gasteiger partial charge in [0.15, 0.2) is 0 Å². The summed E-state index contributed by atoms with van der Waals surface area (Å²) >= 11 is 3.36. The minimum atomic E-state index is -0.362. The molecule has 0 N–H and O–H groups in total. The Labute approximate surface area is 154 Å². The molecule has 0 saturated carbocycles. The smallest absolute Gasteiger partial charge is 0.253 e. The SMILES string of the molecule is O=C(c1ccc(F)cc1)N1CCCN(C(=O)c2ccc(Br)cc2)CC1. The van der Waals surface area contributed by atoms with E-state index in [1.165, 1.54) is 24.3 Å². The zero-order chi connectivity index (χ0) is 17.8. The van der Waals surface area contributed by atoms with Crippen molar-refractivity contribution in [2.45, 2.75) is 6.42 Å². The van der Waals surface area contributed by atoms with Gasteiger partial charge in [-0.25, -0.2) is 4.39 Å². The molecule has 1 heterocycles. The van der Waals surface area contributed by atoms with Gasteiger partial charge in [0, 0.05) is 41.8 Å². The molecule has 1 aliphatic heterocycles. The molecule has 0 atom stereocenters. The third-order valence-electron chi connectivity index (χ3n) is 4.25. The van der Waals surface area contributed by atoms with Gasteiger partial charge in [-0.15, -0.1) is 0 Å². The fourth-order valence-corrected chi connectivity index (χ4v) is 3.14. The highest BCUT2D eigenvalue weighted by Gasteiger charge is 2.23. The van der Waals surface area contributed by atoms with Gasteiger partial charge in [0.1, 0.15) is 5.82 Å². The number of carbonyl (C=O) groups is 2. The summed E-state index contributed by atoms with van der Waals surface area (Å²) in [6.45, 7) is 2.16. The van der Waals surface area contributed by atoms with Crippen LogP contribution in [0.15, 0.2) is 53.0 Å². The molecule has 1 fully saturated rings. The second-order valence-electron chi connectivity index (χ2n) is 5.95. The normalized spacial score (nSPS) is 15.0. The molecule has 130 valence electrons. The molecule has 0 aliphatic carbocycles. The molecule has 0 radical (unpaired) electrons. The van der Waals surface area contributed by atoms with Gasteiger partial charge < -0.3 is 9.80 Å². The van der Waals surface area contributed by atoms with Crippen molar-refractivity contribution in [2.24, 2.45) is 0 Å². The van der Waals surface area contributed by atoms with Crippen molar-refractivity contribution in [1.82, 2.24) is 9.80 Å². The van der Waals surface area contributed by atoms with E-state index >= 15 is 0 Å². The number of hydrogen-bond acceptors (Lipinski definition) is 2. The van der Waals surface area contributed by atoms with E-state index in [1.54, 1.807) is 21.9 Å². The van der Waals surface area contributed by atoms with Gasteiger partial charge >= 0.3 is 0 Å². The average Bonchev–Trinajstić information content (AvgIpc) is 2.88. The molecule has 1 aliphatic rings. The minimum absolute atomic E-state index is 0.0245. The van der Waals surface area contributed by atoms with E-state index in [4.69, 9.17) is 0 Å². The molecule has 3 rings (SSSR count). The summed E-state index contributed by atoms with van der Waals surface area (Å²) in [5.41, 5.74) is 1.11. The number of benzene rings is 2. The average molecular weight is 405 g/mol. The zero-order valence-electron chi connectivity index (χ0n) is 13.6. The molecule has 0 aromatic heterocycles. The van der Waals surface area contributed by atoms with Crippen molar-refractivity contribution in [3.63, 3.8) is 0 Å². The van der Waals surface area contributed by atoms with Crippen molar-refractivity contribution in [3.05, 3.63) is 69.9 Å². The first-order chi connectivity index (χ1) is 12.0. The molecule has 0 unspecified atom stereocenters. The summed E-state index contributed by atoms with van der Waals surface area (Å²) in [7, 11) is 0. The van der Waals surface area contributed by atoms with Crippen molar-refractivity contribution >= 4 is 27.7 Å². The highest BCUT2D eigenvalue weighted by Crippen LogP contribution is 2.15. The van der Waals surface area contributed by atoms with Gasteiger partial charge in [-0.3, -0.25) is 9.59 Å². The summed E-state index contributed by atoms with van der Waals surface area (Å²) in [6.07, 6.45) is 0.717. The van der Waals surface area contributed by atoms with Crippen LogP contribution in [0.3, 0.4) is 0 Å². The van der Waals surface area contributed by atoms with Crippen LogP contribution in [0, 0.1) is 5.82 Å². The fourth-order valence-electron chi connectivity index (χ4n) is 2.87. The third kappa shape index (κ3) is 4.25. The van der Waals surface area contributed by atoms with Crippen molar-refractivity contribution < 1.29 is 14.0 Å². The van der Waals surface area contributed by atoms with Crippen LogP contribution in [-0.2, 0) is 0 Å². The van der Waals surface area contributed by atoms with Crippen LogP contribution in [0.4, 0.5) is 4.39 Å². The van der Waals surface area contributed by atoms with Crippen LogP contribution in [0.1, 0.15) is 27.1 Å². The van der Waals surface area contributed by atoms with Gasteiger partial charge in [-0.05, 0) is 55.0 Å². The Balaban J connectivity index is 1.65. The van der Waals surface area contributed by atoms with Crippen LogP contribution in [-0.4, -0.2) is 47.8 Å². The Bertz CT molecular complexity index is 696. The molecule has 2 aromatic carbocycles. The van der Waals surface area contributed by atoms with Crippen LogP contribution >= 0.6 is 15.9 Å². The molecule has 2 aromatic rings. The zero-order valence-corrected chi connectivity index (χ0v) is 15.2. The minimum Gasteiger partial charge on any atom is -0.337 e. The largest absolute Gasteiger partial charge is 0.337 e. The summed E-state index contributed by atoms with van der Waals surface area (Å²) in [5.74, 6) is -0.514. The van der Waals surface area contributed by atoms with E-state index in [9.17, 15) is 14.0 Å². The van der Waals surface area contributed by atoms with Gasteiger partial charge in [-0.1, -0.05) is 15.9 Å². The quantitative estimate of drug-likeness (QED) is 0.767. The van der Waals surface area contributed by atoms with Crippen molar-refractivity contribution in [1.29, 1.82) is 0 Å².